The smallest absolute Gasteiger partial charge is 0.352 e. The van der Waals surface area contributed by atoms with Gasteiger partial charge < -0.3 is 21.0 Å². The Morgan fingerprint density at radius 1 is 1.36 bits per heavy atom. The fraction of sp³-hybridized carbons (Fsp3) is 0.238. The minimum absolute atomic E-state index is 0.0526. The quantitative estimate of drug-likeness (QED) is 0.112. The van der Waals surface area contributed by atoms with E-state index in [-0.39, 0.29) is 34.6 Å². The average Bonchev–Trinajstić information content (AvgIpc) is 3.60. The SMILES string of the molecule is Nc1nc(C(=NOCc2ccc(F)cc2)C(=O)NC2C(=O)N3C(C(=O)O)=C(CSc4nnn[nH]4)CS[C@@H]23)cs1. The Labute approximate surface area is 231 Å². The third-order valence-electron chi connectivity index (χ3n) is 5.53. The van der Waals surface area contributed by atoms with E-state index in [9.17, 15) is 23.9 Å². The number of nitrogens with two attached hydrogens (primary N) is 1. The van der Waals surface area contributed by atoms with E-state index in [1.165, 1.54) is 58.1 Å². The number of aromatic amines is 1. The van der Waals surface area contributed by atoms with Crippen molar-refractivity contribution in [2.24, 2.45) is 5.16 Å². The van der Waals surface area contributed by atoms with Crippen molar-refractivity contribution in [2.75, 3.05) is 17.2 Å². The number of β-lactam (4-membered cyclic amide) rings is 1. The van der Waals surface area contributed by atoms with Crippen LogP contribution in [0.1, 0.15) is 11.3 Å². The Bertz CT molecular complexity index is 1460. The molecule has 3 aromatic rings. The highest BCUT2D eigenvalue weighted by Gasteiger charge is 2.54. The van der Waals surface area contributed by atoms with E-state index in [0.29, 0.717) is 22.0 Å². The Morgan fingerprint density at radius 2 is 2.15 bits per heavy atom. The van der Waals surface area contributed by atoms with Crippen LogP contribution in [0, 0.1) is 5.82 Å². The molecule has 0 saturated carbocycles. The predicted molar refractivity (Wildman–Crippen MR) is 139 cm³/mol. The molecule has 1 saturated heterocycles. The summed E-state index contributed by atoms with van der Waals surface area (Å²) >= 11 is 3.61. The molecule has 5 N–H and O–H groups in total. The molecule has 0 spiro atoms. The number of amides is 2. The molecule has 18 heteroatoms. The number of thiazole rings is 1. The second-order valence-corrected chi connectivity index (χ2v) is 11.0. The molecule has 2 aliphatic rings. The molecule has 1 fully saturated rings. The maximum absolute atomic E-state index is 13.2. The van der Waals surface area contributed by atoms with Crippen LogP contribution in [0.25, 0.3) is 0 Å². The van der Waals surface area contributed by atoms with Crippen molar-refractivity contribution in [3.05, 3.63) is 58.0 Å². The molecule has 2 atom stereocenters. The minimum Gasteiger partial charge on any atom is -0.477 e. The van der Waals surface area contributed by atoms with E-state index in [1.807, 2.05) is 0 Å². The van der Waals surface area contributed by atoms with Gasteiger partial charge in [0, 0.05) is 16.9 Å². The number of halogens is 1. The first kappa shape index (κ1) is 26.6. The Balaban J connectivity index is 1.29. The summed E-state index contributed by atoms with van der Waals surface area (Å²) in [6.07, 6.45) is 0. The summed E-state index contributed by atoms with van der Waals surface area (Å²) in [5.41, 5.74) is 6.65. The monoisotopic (exact) mass is 591 g/mol. The normalized spacial score (nSPS) is 18.9. The Hall–Kier alpha value is -4.03. The number of H-pyrrole nitrogens is 1. The van der Waals surface area contributed by atoms with Gasteiger partial charge in [-0.1, -0.05) is 29.1 Å². The number of nitrogen functional groups attached to an aromatic ring is 1. The van der Waals surface area contributed by atoms with Gasteiger partial charge >= 0.3 is 5.97 Å². The van der Waals surface area contributed by atoms with Gasteiger partial charge in [-0.15, -0.1) is 28.2 Å². The highest BCUT2D eigenvalue weighted by Crippen LogP contribution is 2.41. The number of carbonyl (C=O) groups is 3. The number of carboxylic acids is 1. The molecule has 0 radical (unpaired) electrons. The van der Waals surface area contributed by atoms with Crippen molar-refractivity contribution in [1.29, 1.82) is 0 Å². The number of oxime groups is 1. The van der Waals surface area contributed by atoms with E-state index < -0.39 is 35.0 Å². The molecular weight excluding hydrogens is 573 g/mol. The number of carboxylic acid groups (broad SMARTS) is 1. The lowest BCUT2D eigenvalue weighted by Gasteiger charge is -2.49. The van der Waals surface area contributed by atoms with Gasteiger partial charge in [0.2, 0.25) is 5.16 Å². The zero-order valence-electron chi connectivity index (χ0n) is 19.6. The molecule has 0 bridgehead atoms. The van der Waals surface area contributed by atoms with Gasteiger partial charge in [-0.2, -0.15) is 0 Å². The predicted octanol–water partition coefficient (Wildman–Crippen LogP) is 0.829. The van der Waals surface area contributed by atoms with Gasteiger partial charge in [-0.25, -0.2) is 19.3 Å². The minimum atomic E-state index is -1.25. The molecule has 0 aliphatic carbocycles. The first-order chi connectivity index (χ1) is 18.8. The van der Waals surface area contributed by atoms with Crippen LogP contribution >= 0.6 is 34.9 Å². The molecule has 2 aliphatic heterocycles. The van der Waals surface area contributed by atoms with E-state index in [2.05, 4.69) is 36.1 Å². The zero-order valence-corrected chi connectivity index (χ0v) is 22.1. The number of rotatable bonds is 10. The van der Waals surface area contributed by atoms with Crippen molar-refractivity contribution in [3.8, 4) is 0 Å². The van der Waals surface area contributed by atoms with Crippen LogP contribution in [0.15, 0.2) is 51.2 Å². The fourth-order valence-electron chi connectivity index (χ4n) is 3.72. The number of aromatic nitrogens is 5. The van der Waals surface area contributed by atoms with Crippen molar-refractivity contribution in [3.63, 3.8) is 0 Å². The summed E-state index contributed by atoms with van der Waals surface area (Å²) in [6.45, 7) is -0.0526. The largest absolute Gasteiger partial charge is 0.477 e. The zero-order chi connectivity index (χ0) is 27.5. The summed E-state index contributed by atoms with van der Waals surface area (Å²) in [5, 5.41) is 31.1. The van der Waals surface area contributed by atoms with Crippen LogP contribution in [0.2, 0.25) is 0 Å². The lowest BCUT2D eigenvalue weighted by molar-refractivity contribution is -0.150. The average molecular weight is 592 g/mol. The topological polar surface area (TPSA) is 202 Å². The number of thioether (sulfide) groups is 2. The number of nitrogens with zero attached hydrogens (tertiary/aromatic N) is 6. The summed E-state index contributed by atoms with van der Waals surface area (Å²) in [4.78, 5) is 48.8. The molecule has 1 unspecified atom stereocenters. The molecule has 2 amide bonds. The van der Waals surface area contributed by atoms with Crippen molar-refractivity contribution in [2.45, 2.75) is 23.2 Å². The molecule has 1 aromatic carbocycles. The van der Waals surface area contributed by atoms with E-state index in [4.69, 9.17) is 10.6 Å². The van der Waals surface area contributed by atoms with Crippen molar-refractivity contribution >= 4 is 63.5 Å². The van der Waals surface area contributed by atoms with Crippen LogP contribution in [0.4, 0.5) is 9.52 Å². The fourth-order valence-corrected chi connectivity index (χ4v) is 6.50. The van der Waals surface area contributed by atoms with Crippen LogP contribution < -0.4 is 11.1 Å². The standard InChI is InChI=1S/C21H18FN9O5S3/c22-11-3-1-9(2-4-11)5-36-28-13(12-8-38-20(23)24-12)16(32)25-14-17(33)31-15(19(34)35)10(6-37-18(14)31)7-39-21-26-29-30-27-21/h1-4,8,14,18H,5-7H2,(H2,23,24)(H,25,32)(H,34,35)(H,26,27,29,30)/t14?,18-/m0/s1. The van der Waals surface area contributed by atoms with Gasteiger partial charge in [-0.05, 0) is 33.7 Å². The summed E-state index contributed by atoms with van der Waals surface area (Å²) in [5.74, 6) is -2.41. The second-order valence-electron chi connectivity index (χ2n) is 8.02. The number of hydrogen-bond acceptors (Lipinski definition) is 13. The van der Waals surface area contributed by atoms with Gasteiger partial charge in [0.25, 0.3) is 11.8 Å². The number of hydrogen-bond donors (Lipinski definition) is 4. The maximum Gasteiger partial charge on any atom is 0.352 e. The van der Waals surface area contributed by atoms with E-state index >= 15 is 0 Å². The maximum atomic E-state index is 13.2. The molecule has 202 valence electrons. The summed E-state index contributed by atoms with van der Waals surface area (Å²) in [7, 11) is 0. The lowest BCUT2D eigenvalue weighted by atomic mass is 10.0. The first-order valence-corrected chi connectivity index (χ1v) is 14.0. The highest BCUT2D eigenvalue weighted by atomic mass is 32.2. The van der Waals surface area contributed by atoms with Gasteiger partial charge in [0.1, 0.15) is 35.2 Å². The van der Waals surface area contributed by atoms with Gasteiger partial charge in [0.15, 0.2) is 10.8 Å². The summed E-state index contributed by atoms with van der Waals surface area (Å²) in [6, 6.07) is 4.55. The number of tetrazole rings is 1. The number of nitrogens with one attached hydrogen (secondary N) is 2. The van der Waals surface area contributed by atoms with Crippen molar-refractivity contribution in [1.82, 2.24) is 35.8 Å². The highest BCUT2D eigenvalue weighted by molar-refractivity contribution is 8.01. The summed E-state index contributed by atoms with van der Waals surface area (Å²) < 4.78 is 13.1. The van der Waals surface area contributed by atoms with Crippen LogP contribution in [-0.2, 0) is 25.8 Å². The van der Waals surface area contributed by atoms with Crippen LogP contribution in [-0.4, -0.2) is 82.0 Å². The molecule has 39 heavy (non-hydrogen) atoms. The molecule has 14 nitrogen and oxygen atoms in total. The Morgan fingerprint density at radius 3 is 2.82 bits per heavy atom. The number of carbonyl (C=O) groups excluding carboxylic acids is 2. The number of anilines is 1. The third kappa shape index (κ3) is 5.71. The van der Waals surface area contributed by atoms with Crippen LogP contribution in [0.5, 0.6) is 0 Å². The van der Waals surface area contributed by atoms with Crippen molar-refractivity contribution < 1.29 is 28.7 Å². The molecular formula is C21H18FN9O5S3. The first-order valence-electron chi connectivity index (χ1n) is 11.0. The van der Waals surface area contributed by atoms with E-state index in [1.54, 1.807) is 0 Å². The lowest BCUT2D eigenvalue weighted by Crippen LogP contribution is -2.71. The number of aliphatic carboxylic acids is 1. The Kier molecular flexibility index (Phi) is 7.75. The molecule has 5 rings (SSSR count). The van der Waals surface area contributed by atoms with Gasteiger partial charge in [-0.3, -0.25) is 14.5 Å². The number of fused-ring (bicyclic) bond motifs is 1. The van der Waals surface area contributed by atoms with Gasteiger partial charge in [0.05, 0.1) is 0 Å². The molecule has 4 heterocycles. The second kappa shape index (κ2) is 11.4. The number of benzene rings is 1. The van der Waals surface area contributed by atoms with E-state index in [0.717, 1.165) is 11.3 Å². The molecule has 2 aromatic heterocycles. The third-order valence-corrected chi connectivity index (χ3v) is 8.48. The van der Waals surface area contributed by atoms with Crippen LogP contribution in [0.3, 0.4) is 0 Å².